The standard InChI is InChI=1S/C21H25NO5/c1-22(15-17-9-6-7-12-19(17)25-2)20(23)16-27-21(24)13-8-14-26-18-10-4-3-5-11-18/h3-7,9-12H,8,13-16H2,1-2H3. The first-order valence-corrected chi connectivity index (χ1v) is 8.79. The summed E-state index contributed by atoms with van der Waals surface area (Å²) < 4.78 is 15.8. The molecule has 1 amide bonds. The minimum Gasteiger partial charge on any atom is -0.496 e. The number of carbonyl (C=O) groups is 2. The third-order valence-electron chi connectivity index (χ3n) is 3.92. The van der Waals surface area contributed by atoms with Crippen LogP contribution in [0.5, 0.6) is 11.5 Å². The first kappa shape index (κ1) is 20.3. The Labute approximate surface area is 159 Å². The zero-order chi connectivity index (χ0) is 19.5. The molecular formula is C21H25NO5. The smallest absolute Gasteiger partial charge is 0.306 e. The van der Waals surface area contributed by atoms with Crippen LogP contribution in [0.1, 0.15) is 18.4 Å². The average molecular weight is 371 g/mol. The Morgan fingerprint density at radius 3 is 2.44 bits per heavy atom. The number of nitrogens with zero attached hydrogens (tertiary/aromatic N) is 1. The van der Waals surface area contributed by atoms with Crippen LogP contribution in [0.15, 0.2) is 54.6 Å². The molecule has 2 aromatic carbocycles. The quantitative estimate of drug-likeness (QED) is 0.474. The number of hydrogen-bond acceptors (Lipinski definition) is 5. The summed E-state index contributed by atoms with van der Waals surface area (Å²) in [7, 11) is 3.25. The fourth-order valence-electron chi connectivity index (χ4n) is 2.43. The lowest BCUT2D eigenvalue weighted by Crippen LogP contribution is -2.31. The minimum absolute atomic E-state index is 0.205. The van der Waals surface area contributed by atoms with Crippen LogP contribution in [-0.2, 0) is 20.9 Å². The van der Waals surface area contributed by atoms with Crippen molar-refractivity contribution in [3.05, 3.63) is 60.2 Å². The lowest BCUT2D eigenvalue weighted by molar-refractivity contribution is -0.151. The number of likely N-dealkylation sites (N-methyl/N-ethyl adjacent to an activating group) is 1. The first-order valence-electron chi connectivity index (χ1n) is 8.79. The highest BCUT2D eigenvalue weighted by Crippen LogP contribution is 2.18. The summed E-state index contributed by atoms with van der Waals surface area (Å²) in [5, 5.41) is 0. The molecule has 0 fully saturated rings. The third kappa shape index (κ3) is 7.01. The third-order valence-corrected chi connectivity index (χ3v) is 3.92. The summed E-state index contributed by atoms with van der Waals surface area (Å²) in [6.07, 6.45) is 0.731. The molecule has 0 saturated carbocycles. The van der Waals surface area contributed by atoms with Gasteiger partial charge in [-0.15, -0.1) is 0 Å². The second-order valence-electron chi connectivity index (χ2n) is 5.99. The number of rotatable bonds is 10. The average Bonchev–Trinajstić information content (AvgIpc) is 2.70. The van der Waals surface area contributed by atoms with E-state index in [0.29, 0.717) is 25.3 Å². The molecule has 144 valence electrons. The van der Waals surface area contributed by atoms with Crippen LogP contribution in [0.2, 0.25) is 0 Å². The van der Waals surface area contributed by atoms with E-state index in [1.807, 2.05) is 54.6 Å². The van der Waals surface area contributed by atoms with E-state index in [0.717, 1.165) is 11.3 Å². The molecule has 6 heteroatoms. The molecule has 0 aliphatic rings. The van der Waals surface area contributed by atoms with Gasteiger partial charge < -0.3 is 19.1 Å². The number of methoxy groups -OCH3 is 1. The van der Waals surface area contributed by atoms with Crippen LogP contribution in [0.3, 0.4) is 0 Å². The Morgan fingerprint density at radius 2 is 1.70 bits per heavy atom. The molecule has 27 heavy (non-hydrogen) atoms. The molecular weight excluding hydrogens is 346 g/mol. The summed E-state index contributed by atoms with van der Waals surface area (Å²) in [4.78, 5) is 25.4. The van der Waals surface area contributed by atoms with Gasteiger partial charge in [-0.1, -0.05) is 36.4 Å². The van der Waals surface area contributed by atoms with Crippen LogP contribution >= 0.6 is 0 Å². The molecule has 0 aliphatic carbocycles. The van der Waals surface area contributed by atoms with Crippen molar-refractivity contribution < 1.29 is 23.8 Å². The molecule has 2 aromatic rings. The lowest BCUT2D eigenvalue weighted by Gasteiger charge is -2.18. The van der Waals surface area contributed by atoms with E-state index >= 15 is 0 Å². The summed E-state index contributed by atoms with van der Waals surface area (Å²) >= 11 is 0. The summed E-state index contributed by atoms with van der Waals surface area (Å²) in [5.41, 5.74) is 0.889. The van der Waals surface area contributed by atoms with E-state index in [-0.39, 0.29) is 18.9 Å². The molecule has 0 aromatic heterocycles. The monoisotopic (exact) mass is 371 g/mol. The fourth-order valence-corrected chi connectivity index (χ4v) is 2.43. The van der Waals surface area contributed by atoms with Crippen LogP contribution in [0.4, 0.5) is 0 Å². The van der Waals surface area contributed by atoms with Gasteiger partial charge in [-0.2, -0.15) is 0 Å². The maximum atomic E-state index is 12.1. The first-order chi connectivity index (χ1) is 13.1. The number of amides is 1. The molecule has 0 unspecified atom stereocenters. The Hall–Kier alpha value is -3.02. The van der Waals surface area contributed by atoms with Gasteiger partial charge in [0.15, 0.2) is 6.61 Å². The van der Waals surface area contributed by atoms with E-state index in [4.69, 9.17) is 14.2 Å². The van der Waals surface area contributed by atoms with E-state index in [1.165, 1.54) is 4.90 Å². The fraction of sp³-hybridized carbons (Fsp3) is 0.333. The van der Waals surface area contributed by atoms with Crippen LogP contribution < -0.4 is 9.47 Å². The summed E-state index contributed by atoms with van der Waals surface area (Å²) in [5.74, 6) is 0.798. The Kier molecular flexibility index (Phi) is 8.16. The number of hydrogen-bond donors (Lipinski definition) is 0. The molecule has 0 spiro atoms. The zero-order valence-corrected chi connectivity index (χ0v) is 15.7. The minimum atomic E-state index is -0.411. The second kappa shape index (κ2) is 10.9. The molecule has 0 bridgehead atoms. The van der Waals surface area contributed by atoms with Gasteiger partial charge in [0, 0.05) is 25.6 Å². The molecule has 0 aliphatic heterocycles. The maximum absolute atomic E-state index is 12.1. The van der Waals surface area contributed by atoms with E-state index in [9.17, 15) is 9.59 Å². The van der Waals surface area contributed by atoms with Gasteiger partial charge in [-0.3, -0.25) is 9.59 Å². The maximum Gasteiger partial charge on any atom is 0.306 e. The zero-order valence-electron chi connectivity index (χ0n) is 15.7. The van der Waals surface area contributed by atoms with Gasteiger partial charge in [0.1, 0.15) is 11.5 Å². The predicted octanol–water partition coefficient (Wildman–Crippen LogP) is 3.06. The highest BCUT2D eigenvalue weighted by Gasteiger charge is 2.14. The highest BCUT2D eigenvalue weighted by molar-refractivity contribution is 5.80. The molecule has 0 N–H and O–H groups in total. The number of ether oxygens (including phenoxy) is 3. The van der Waals surface area contributed by atoms with Crippen molar-refractivity contribution in [2.75, 3.05) is 27.4 Å². The van der Waals surface area contributed by atoms with Gasteiger partial charge in [-0.25, -0.2) is 0 Å². The van der Waals surface area contributed by atoms with E-state index in [1.54, 1.807) is 14.2 Å². The van der Waals surface area contributed by atoms with Crippen molar-refractivity contribution in [2.45, 2.75) is 19.4 Å². The number of carbonyl (C=O) groups excluding carboxylic acids is 2. The van der Waals surface area contributed by atoms with Crippen molar-refractivity contribution in [3.8, 4) is 11.5 Å². The van der Waals surface area contributed by atoms with Crippen LogP contribution in [0.25, 0.3) is 0 Å². The topological polar surface area (TPSA) is 65.1 Å². The molecule has 0 radical (unpaired) electrons. The number of benzene rings is 2. The Bertz CT molecular complexity index is 732. The molecule has 2 rings (SSSR count). The predicted molar refractivity (Wildman–Crippen MR) is 102 cm³/mol. The Morgan fingerprint density at radius 1 is 1.00 bits per heavy atom. The molecule has 6 nitrogen and oxygen atoms in total. The largest absolute Gasteiger partial charge is 0.496 e. The van der Waals surface area contributed by atoms with Crippen molar-refractivity contribution in [1.29, 1.82) is 0 Å². The van der Waals surface area contributed by atoms with Crippen LogP contribution in [-0.4, -0.2) is 44.1 Å². The van der Waals surface area contributed by atoms with Gasteiger partial charge >= 0.3 is 5.97 Å². The Balaban J connectivity index is 1.65. The van der Waals surface area contributed by atoms with Gasteiger partial charge in [0.2, 0.25) is 0 Å². The van der Waals surface area contributed by atoms with Gasteiger partial charge in [0.05, 0.1) is 13.7 Å². The highest BCUT2D eigenvalue weighted by atomic mass is 16.5. The van der Waals surface area contributed by atoms with Crippen molar-refractivity contribution in [1.82, 2.24) is 4.90 Å². The van der Waals surface area contributed by atoms with Crippen LogP contribution in [0, 0.1) is 0 Å². The summed E-state index contributed by atoms with van der Waals surface area (Å²) in [6.45, 7) is 0.524. The van der Waals surface area contributed by atoms with Crippen molar-refractivity contribution >= 4 is 11.9 Å². The van der Waals surface area contributed by atoms with E-state index in [2.05, 4.69) is 0 Å². The number of esters is 1. The van der Waals surface area contributed by atoms with E-state index < -0.39 is 5.97 Å². The van der Waals surface area contributed by atoms with Gasteiger partial charge in [-0.05, 0) is 24.6 Å². The SMILES string of the molecule is COc1ccccc1CN(C)C(=O)COC(=O)CCCOc1ccccc1. The summed E-state index contributed by atoms with van der Waals surface area (Å²) in [6, 6.07) is 16.9. The molecule has 0 atom stereocenters. The number of para-hydroxylation sites is 2. The normalized spacial score (nSPS) is 10.1. The van der Waals surface area contributed by atoms with Crippen molar-refractivity contribution in [3.63, 3.8) is 0 Å². The second-order valence-corrected chi connectivity index (χ2v) is 5.99. The molecule has 0 heterocycles. The lowest BCUT2D eigenvalue weighted by atomic mass is 10.2. The molecule has 0 saturated heterocycles. The van der Waals surface area contributed by atoms with Crippen molar-refractivity contribution in [2.24, 2.45) is 0 Å². The van der Waals surface area contributed by atoms with Gasteiger partial charge in [0.25, 0.3) is 5.91 Å².